The minimum absolute atomic E-state index is 0. The van der Waals surface area contributed by atoms with Crippen LogP contribution in [0.25, 0.3) is 0 Å². The molecule has 4 heteroatoms. The number of unbranched alkanes of at least 4 members (excludes halogenated alkanes) is 1. The molecule has 0 fully saturated rings. The first-order chi connectivity index (χ1) is 8.31. The zero-order chi connectivity index (χ0) is 12.5. The molecular weight excluding hydrogens is 279 g/mol. The Bertz CT molecular complexity index is 298. The van der Waals surface area contributed by atoms with Crippen molar-refractivity contribution in [2.24, 2.45) is 0 Å². The van der Waals surface area contributed by atoms with Gasteiger partial charge in [0.2, 0.25) is 0 Å². The van der Waals surface area contributed by atoms with E-state index >= 15 is 0 Å². The maximum Gasteiger partial charge on any atom is 0.0366 e. The summed E-state index contributed by atoms with van der Waals surface area (Å²) in [6.07, 6.45) is 2.52. The Morgan fingerprint density at radius 2 is 1.53 bits per heavy atom. The second-order valence-corrected chi connectivity index (χ2v) is 4.37. The van der Waals surface area contributed by atoms with Crippen LogP contribution in [0.5, 0.6) is 0 Å². The van der Waals surface area contributed by atoms with E-state index in [0.717, 1.165) is 26.2 Å². The van der Waals surface area contributed by atoms with Gasteiger partial charge in [-0.05, 0) is 44.5 Å². The highest BCUT2D eigenvalue weighted by Gasteiger charge is 2.00. The summed E-state index contributed by atoms with van der Waals surface area (Å²) in [5, 5.41) is 3.47. The van der Waals surface area contributed by atoms with Crippen LogP contribution < -0.4 is 10.2 Å². The van der Waals surface area contributed by atoms with Crippen LogP contribution in [0.15, 0.2) is 24.3 Å². The van der Waals surface area contributed by atoms with Gasteiger partial charge >= 0.3 is 0 Å². The molecule has 1 N–H and O–H groups in total. The van der Waals surface area contributed by atoms with E-state index in [1.807, 2.05) is 0 Å². The van der Waals surface area contributed by atoms with Gasteiger partial charge in [0.25, 0.3) is 0 Å². The third-order valence-electron chi connectivity index (χ3n) is 3.10. The molecule has 0 radical (unpaired) electrons. The molecule has 0 aliphatic carbocycles. The summed E-state index contributed by atoms with van der Waals surface area (Å²) in [4.78, 5) is 2.37. The predicted molar refractivity (Wildman–Crippen MR) is 91.1 cm³/mol. The molecule has 0 unspecified atom stereocenters. The quantitative estimate of drug-likeness (QED) is 0.722. The van der Waals surface area contributed by atoms with E-state index in [-0.39, 0.29) is 24.8 Å². The average Bonchev–Trinajstić information content (AvgIpc) is 2.38. The largest absolute Gasteiger partial charge is 0.372 e. The molecule has 1 aromatic rings. The first kappa shape index (κ1) is 20.9. The molecule has 19 heavy (non-hydrogen) atoms. The summed E-state index contributed by atoms with van der Waals surface area (Å²) < 4.78 is 0. The number of hydrogen-bond donors (Lipinski definition) is 1. The van der Waals surface area contributed by atoms with Crippen molar-refractivity contribution >= 4 is 30.5 Å². The zero-order valence-corrected chi connectivity index (χ0v) is 13.9. The minimum atomic E-state index is 0. The Balaban J connectivity index is 0. The van der Waals surface area contributed by atoms with E-state index in [1.165, 1.54) is 24.1 Å². The number of anilines is 1. The summed E-state index contributed by atoms with van der Waals surface area (Å²) in [6, 6.07) is 8.91. The Morgan fingerprint density at radius 3 is 2.00 bits per heavy atom. The molecular formula is C15H28Cl2N2. The van der Waals surface area contributed by atoms with Crippen molar-refractivity contribution in [3.63, 3.8) is 0 Å². The highest BCUT2D eigenvalue weighted by Crippen LogP contribution is 2.14. The number of benzene rings is 1. The molecule has 0 spiro atoms. The van der Waals surface area contributed by atoms with Crippen LogP contribution in [0.3, 0.4) is 0 Å². The zero-order valence-electron chi connectivity index (χ0n) is 12.3. The van der Waals surface area contributed by atoms with E-state index < -0.39 is 0 Å². The SMILES string of the molecule is CCCCNCc1ccc(N(CC)CC)cc1.Cl.Cl. The summed E-state index contributed by atoms with van der Waals surface area (Å²) in [5.74, 6) is 0. The molecule has 0 saturated carbocycles. The molecule has 0 saturated heterocycles. The molecule has 0 bridgehead atoms. The van der Waals surface area contributed by atoms with Gasteiger partial charge in [-0.3, -0.25) is 0 Å². The second kappa shape index (κ2) is 12.6. The average molecular weight is 307 g/mol. The lowest BCUT2D eigenvalue weighted by molar-refractivity contribution is 0.641. The summed E-state index contributed by atoms with van der Waals surface area (Å²) in [7, 11) is 0. The topological polar surface area (TPSA) is 15.3 Å². The number of nitrogens with one attached hydrogen (secondary N) is 1. The molecule has 0 aromatic heterocycles. The fraction of sp³-hybridized carbons (Fsp3) is 0.600. The van der Waals surface area contributed by atoms with Crippen molar-refractivity contribution in [2.75, 3.05) is 24.5 Å². The third-order valence-corrected chi connectivity index (χ3v) is 3.10. The van der Waals surface area contributed by atoms with E-state index in [9.17, 15) is 0 Å². The van der Waals surface area contributed by atoms with E-state index in [0.29, 0.717) is 0 Å². The lowest BCUT2D eigenvalue weighted by Gasteiger charge is -2.21. The van der Waals surface area contributed by atoms with Crippen molar-refractivity contribution in [3.05, 3.63) is 29.8 Å². The van der Waals surface area contributed by atoms with Gasteiger partial charge in [-0.25, -0.2) is 0 Å². The number of nitrogens with zero attached hydrogens (tertiary/aromatic N) is 1. The Kier molecular flexibility index (Phi) is 13.8. The number of rotatable bonds is 8. The van der Waals surface area contributed by atoms with Gasteiger partial charge < -0.3 is 10.2 Å². The molecule has 0 aliphatic heterocycles. The van der Waals surface area contributed by atoms with Gasteiger partial charge in [0.1, 0.15) is 0 Å². The lowest BCUT2D eigenvalue weighted by Crippen LogP contribution is -2.21. The van der Waals surface area contributed by atoms with Gasteiger partial charge in [0, 0.05) is 25.3 Å². The maximum absolute atomic E-state index is 3.47. The summed E-state index contributed by atoms with van der Waals surface area (Å²) in [5.41, 5.74) is 2.70. The van der Waals surface area contributed by atoms with Crippen molar-refractivity contribution in [1.29, 1.82) is 0 Å². The highest BCUT2D eigenvalue weighted by molar-refractivity contribution is 5.85. The first-order valence-corrected chi connectivity index (χ1v) is 6.86. The van der Waals surface area contributed by atoms with Crippen molar-refractivity contribution in [2.45, 2.75) is 40.2 Å². The highest BCUT2D eigenvalue weighted by atomic mass is 35.5. The van der Waals surface area contributed by atoms with Crippen molar-refractivity contribution in [1.82, 2.24) is 5.32 Å². The molecule has 2 nitrogen and oxygen atoms in total. The smallest absolute Gasteiger partial charge is 0.0366 e. The number of hydrogen-bond acceptors (Lipinski definition) is 2. The van der Waals surface area contributed by atoms with E-state index in [4.69, 9.17) is 0 Å². The Labute approximate surface area is 130 Å². The van der Waals surface area contributed by atoms with Gasteiger partial charge in [0.05, 0.1) is 0 Å². The number of halogens is 2. The molecule has 0 aliphatic rings. The van der Waals surface area contributed by atoms with Crippen molar-refractivity contribution in [3.8, 4) is 0 Å². The molecule has 0 heterocycles. The predicted octanol–water partition coefficient (Wildman–Crippen LogP) is 4.27. The molecule has 1 aromatic carbocycles. The van der Waals surface area contributed by atoms with Gasteiger partial charge in [0.15, 0.2) is 0 Å². The van der Waals surface area contributed by atoms with E-state index in [1.54, 1.807) is 0 Å². The monoisotopic (exact) mass is 306 g/mol. The minimum Gasteiger partial charge on any atom is -0.372 e. The second-order valence-electron chi connectivity index (χ2n) is 4.37. The molecule has 112 valence electrons. The van der Waals surface area contributed by atoms with Crippen LogP contribution in [0, 0.1) is 0 Å². The maximum atomic E-state index is 3.47. The third kappa shape index (κ3) is 7.66. The fourth-order valence-electron chi connectivity index (χ4n) is 1.95. The first-order valence-electron chi connectivity index (χ1n) is 6.86. The van der Waals surface area contributed by atoms with Crippen LogP contribution in [-0.2, 0) is 6.54 Å². The van der Waals surface area contributed by atoms with Crippen LogP contribution in [0.4, 0.5) is 5.69 Å². The van der Waals surface area contributed by atoms with Crippen LogP contribution in [-0.4, -0.2) is 19.6 Å². The molecule has 0 atom stereocenters. The molecule has 0 amide bonds. The van der Waals surface area contributed by atoms with Gasteiger partial charge in [-0.1, -0.05) is 25.5 Å². The van der Waals surface area contributed by atoms with Crippen LogP contribution in [0.1, 0.15) is 39.2 Å². The van der Waals surface area contributed by atoms with Gasteiger partial charge in [-0.2, -0.15) is 0 Å². The van der Waals surface area contributed by atoms with Crippen molar-refractivity contribution < 1.29 is 0 Å². The van der Waals surface area contributed by atoms with Crippen LogP contribution in [0.2, 0.25) is 0 Å². The van der Waals surface area contributed by atoms with E-state index in [2.05, 4.69) is 55.3 Å². The summed E-state index contributed by atoms with van der Waals surface area (Å²) in [6.45, 7) is 10.9. The Hall–Kier alpha value is -0.440. The van der Waals surface area contributed by atoms with Gasteiger partial charge in [-0.15, -0.1) is 24.8 Å². The summed E-state index contributed by atoms with van der Waals surface area (Å²) >= 11 is 0. The Morgan fingerprint density at radius 1 is 0.947 bits per heavy atom. The lowest BCUT2D eigenvalue weighted by atomic mass is 10.2. The standard InChI is InChI=1S/C15H26N2.2ClH/c1-4-7-12-16-13-14-8-10-15(11-9-14)17(5-2)6-3;;/h8-11,16H,4-7,12-13H2,1-3H3;2*1H. The normalized spacial score (nSPS) is 9.42. The molecule has 1 rings (SSSR count). The fourth-order valence-corrected chi connectivity index (χ4v) is 1.95. The van der Waals surface area contributed by atoms with Crippen LogP contribution >= 0.6 is 24.8 Å².